The third-order valence-electron chi connectivity index (χ3n) is 4.65. The lowest BCUT2D eigenvalue weighted by Crippen LogP contribution is -2.36. The summed E-state index contributed by atoms with van der Waals surface area (Å²) in [5, 5.41) is 5.49. The van der Waals surface area contributed by atoms with Crippen molar-refractivity contribution in [3.05, 3.63) is 65.5 Å². The van der Waals surface area contributed by atoms with Gasteiger partial charge in [0.1, 0.15) is 5.82 Å². The Morgan fingerprint density at radius 3 is 2.70 bits per heavy atom. The van der Waals surface area contributed by atoms with Crippen molar-refractivity contribution in [1.82, 2.24) is 5.32 Å². The third-order valence-corrected chi connectivity index (χ3v) is 5.79. The predicted octanol–water partition coefficient (Wildman–Crippen LogP) is 4.08. The highest BCUT2D eigenvalue weighted by atomic mass is 32.2. The van der Waals surface area contributed by atoms with Gasteiger partial charge < -0.3 is 10.6 Å². The maximum Gasteiger partial charge on any atom is 0.234 e. The number of fused-ring (bicyclic) bond motifs is 1. The molecule has 1 aliphatic carbocycles. The van der Waals surface area contributed by atoms with E-state index in [9.17, 15) is 14.0 Å². The fourth-order valence-corrected chi connectivity index (χ4v) is 3.89. The zero-order chi connectivity index (χ0) is 19.2. The molecule has 1 aliphatic rings. The van der Waals surface area contributed by atoms with Gasteiger partial charge in [-0.2, -0.15) is 0 Å². The molecule has 27 heavy (non-hydrogen) atoms. The fraction of sp³-hybridized carbons (Fsp3) is 0.333. The van der Waals surface area contributed by atoms with E-state index in [0.717, 1.165) is 19.3 Å². The Labute approximate surface area is 162 Å². The molecule has 0 bridgehead atoms. The zero-order valence-electron chi connectivity index (χ0n) is 15.2. The minimum atomic E-state index is -0.350. The number of rotatable bonds is 6. The molecule has 0 heterocycles. The standard InChI is InChI=1S/C21H23FN2O2S/c1-14(27-13-20(25)23-17-11-9-16(22)10-12-17)21(26)24-19-8-4-6-15-5-2-3-7-18(15)19/h2-3,5,7,9-12,14,19H,4,6,8,13H2,1H3,(H,23,25)(H,24,26)/t14-,19+/m1/s1. The summed E-state index contributed by atoms with van der Waals surface area (Å²) >= 11 is 1.29. The molecule has 2 atom stereocenters. The molecule has 0 unspecified atom stereocenters. The first-order valence-electron chi connectivity index (χ1n) is 9.08. The number of anilines is 1. The molecule has 142 valence electrons. The van der Waals surface area contributed by atoms with Crippen molar-refractivity contribution in [3.8, 4) is 0 Å². The highest BCUT2D eigenvalue weighted by Gasteiger charge is 2.24. The molecule has 0 saturated heterocycles. The van der Waals surface area contributed by atoms with Crippen LogP contribution in [0.4, 0.5) is 10.1 Å². The summed E-state index contributed by atoms with van der Waals surface area (Å²) in [7, 11) is 0. The van der Waals surface area contributed by atoms with E-state index in [1.165, 1.54) is 47.2 Å². The molecule has 0 fully saturated rings. The Kier molecular flexibility index (Phi) is 6.50. The Bertz CT molecular complexity index is 810. The number of halogens is 1. The van der Waals surface area contributed by atoms with Crippen molar-refractivity contribution >= 4 is 29.3 Å². The Morgan fingerprint density at radius 2 is 1.93 bits per heavy atom. The van der Waals surface area contributed by atoms with E-state index >= 15 is 0 Å². The molecule has 0 saturated carbocycles. The molecule has 2 N–H and O–H groups in total. The molecule has 0 aliphatic heterocycles. The van der Waals surface area contributed by atoms with Crippen LogP contribution in [0, 0.1) is 5.82 Å². The maximum absolute atomic E-state index is 12.9. The summed E-state index contributed by atoms with van der Waals surface area (Å²) in [6, 6.07) is 13.9. The number of hydrogen-bond acceptors (Lipinski definition) is 3. The predicted molar refractivity (Wildman–Crippen MR) is 107 cm³/mol. The van der Waals surface area contributed by atoms with Gasteiger partial charge in [-0.05, 0) is 61.6 Å². The van der Waals surface area contributed by atoms with E-state index in [2.05, 4.69) is 22.8 Å². The van der Waals surface area contributed by atoms with E-state index < -0.39 is 0 Å². The normalized spacial score (nSPS) is 16.9. The average Bonchev–Trinajstić information content (AvgIpc) is 2.68. The van der Waals surface area contributed by atoms with Gasteiger partial charge in [0.25, 0.3) is 0 Å². The van der Waals surface area contributed by atoms with Gasteiger partial charge in [-0.25, -0.2) is 4.39 Å². The van der Waals surface area contributed by atoms with E-state index in [1.807, 2.05) is 12.1 Å². The first-order chi connectivity index (χ1) is 13.0. The summed E-state index contributed by atoms with van der Waals surface area (Å²) in [6.45, 7) is 1.81. The summed E-state index contributed by atoms with van der Waals surface area (Å²) in [4.78, 5) is 24.5. The number of amides is 2. The number of aryl methyl sites for hydroxylation is 1. The van der Waals surface area contributed by atoms with Gasteiger partial charge in [0, 0.05) is 5.69 Å². The second kappa shape index (κ2) is 9.04. The van der Waals surface area contributed by atoms with Crippen LogP contribution in [0.2, 0.25) is 0 Å². The van der Waals surface area contributed by atoms with Crippen LogP contribution in [0.5, 0.6) is 0 Å². The van der Waals surface area contributed by atoms with E-state index in [-0.39, 0.29) is 34.7 Å². The topological polar surface area (TPSA) is 58.2 Å². The molecular formula is C21H23FN2O2S. The molecule has 3 rings (SSSR count). The Hall–Kier alpha value is -2.34. The third kappa shape index (κ3) is 5.32. The first-order valence-corrected chi connectivity index (χ1v) is 10.1. The van der Waals surface area contributed by atoms with Gasteiger partial charge >= 0.3 is 0 Å². The lowest BCUT2D eigenvalue weighted by Gasteiger charge is -2.27. The lowest BCUT2D eigenvalue weighted by molar-refractivity contribution is -0.121. The molecule has 2 aromatic rings. The van der Waals surface area contributed by atoms with Gasteiger partial charge in [0.15, 0.2) is 0 Å². The molecule has 0 aromatic heterocycles. The number of benzene rings is 2. The minimum Gasteiger partial charge on any atom is -0.348 e. The SMILES string of the molecule is C[C@@H](SCC(=O)Nc1ccc(F)cc1)C(=O)N[C@H]1CCCc2ccccc21. The van der Waals surface area contributed by atoms with Crippen LogP contribution in [0.3, 0.4) is 0 Å². The zero-order valence-corrected chi connectivity index (χ0v) is 16.0. The number of carbonyl (C=O) groups excluding carboxylic acids is 2. The van der Waals surface area contributed by atoms with Gasteiger partial charge in [0.2, 0.25) is 11.8 Å². The second-order valence-electron chi connectivity index (χ2n) is 6.66. The monoisotopic (exact) mass is 386 g/mol. The van der Waals surface area contributed by atoms with Crippen molar-refractivity contribution in [2.75, 3.05) is 11.1 Å². The van der Waals surface area contributed by atoms with Crippen LogP contribution in [0.15, 0.2) is 48.5 Å². The Morgan fingerprint density at radius 1 is 1.19 bits per heavy atom. The quantitative estimate of drug-likeness (QED) is 0.787. The molecule has 0 spiro atoms. The fourth-order valence-electron chi connectivity index (χ4n) is 3.20. The van der Waals surface area contributed by atoms with Crippen LogP contribution < -0.4 is 10.6 Å². The van der Waals surface area contributed by atoms with Crippen molar-refractivity contribution in [2.24, 2.45) is 0 Å². The number of nitrogens with one attached hydrogen (secondary N) is 2. The van der Waals surface area contributed by atoms with Crippen LogP contribution >= 0.6 is 11.8 Å². The van der Waals surface area contributed by atoms with Gasteiger partial charge in [-0.15, -0.1) is 11.8 Å². The van der Waals surface area contributed by atoms with E-state index in [4.69, 9.17) is 0 Å². The number of carbonyl (C=O) groups is 2. The molecule has 6 heteroatoms. The minimum absolute atomic E-state index is 0.0403. The molecular weight excluding hydrogens is 363 g/mol. The average molecular weight is 386 g/mol. The highest BCUT2D eigenvalue weighted by Crippen LogP contribution is 2.29. The molecule has 0 radical (unpaired) electrons. The van der Waals surface area contributed by atoms with E-state index in [0.29, 0.717) is 5.69 Å². The lowest BCUT2D eigenvalue weighted by atomic mass is 9.88. The number of thioether (sulfide) groups is 1. The summed E-state index contributed by atoms with van der Waals surface area (Å²) < 4.78 is 12.9. The van der Waals surface area contributed by atoms with Crippen molar-refractivity contribution in [3.63, 3.8) is 0 Å². The number of hydrogen-bond donors (Lipinski definition) is 2. The largest absolute Gasteiger partial charge is 0.348 e. The second-order valence-corrected chi connectivity index (χ2v) is 7.99. The summed E-state index contributed by atoms with van der Waals surface area (Å²) in [6.07, 6.45) is 3.05. The van der Waals surface area contributed by atoms with Crippen LogP contribution in [-0.2, 0) is 16.0 Å². The van der Waals surface area contributed by atoms with Gasteiger partial charge in [-0.1, -0.05) is 24.3 Å². The van der Waals surface area contributed by atoms with Crippen molar-refractivity contribution in [1.29, 1.82) is 0 Å². The smallest absolute Gasteiger partial charge is 0.234 e. The van der Waals surface area contributed by atoms with Gasteiger partial charge in [-0.3, -0.25) is 9.59 Å². The maximum atomic E-state index is 12.9. The molecule has 2 aromatic carbocycles. The molecule has 2 amide bonds. The van der Waals surface area contributed by atoms with Gasteiger partial charge in [0.05, 0.1) is 17.0 Å². The van der Waals surface area contributed by atoms with E-state index in [1.54, 1.807) is 6.92 Å². The summed E-state index contributed by atoms with van der Waals surface area (Å²) in [5.74, 6) is -0.463. The van der Waals surface area contributed by atoms with Crippen molar-refractivity contribution in [2.45, 2.75) is 37.5 Å². The summed E-state index contributed by atoms with van der Waals surface area (Å²) in [5.41, 5.74) is 3.04. The van der Waals surface area contributed by atoms with Crippen LogP contribution in [-0.4, -0.2) is 22.8 Å². The first kappa shape index (κ1) is 19.4. The molecule has 4 nitrogen and oxygen atoms in total. The highest BCUT2D eigenvalue weighted by molar-refractivity contribution is 8.01. The Balaban J connectivity index is 1.48. The van der Waals surface area contributed by atoms with Crippen LogP contribution in [0.1, 0.15) is 36.9 Å². The van der Waals surface area contributed by atoms with Crippen molar-refractivity contribution < 1.29 is 14.0 Å². The van der Waals surface area contributed by atoms with Crippen LogP contribution in [0.25, 0.3) is 0 Å².